The highest BCUT2D eigenvalue weighted by Crippen LogP contribution is 2.28. The van der Waals surface area contributed by atoms with Gasteiger partial charge in [-0.3, -0.25) is 0 Å². The van der Waals surface area contributed by atoms with E-state index in [0.717, 1.165) is 15.5 Å². The number of thioether (sulfide) groups is 1. The third-order valence-corrected chi connectivity index (χ3v) is 2.75. The Morgan fingerprint density at radius 2 is 2.27 bits per heavy atom. The van der Waals surface area contributed by atoms with Crippen LogP contribution in [0.5, 0.6) is 0 Å². The van der Waals surface area contributed by atoms with Crippen molar-refractivity contribution in [3.8, 4) is 0 Å². The maximum Gasteiger partial charge on any atom is 0.0613 e. The molecule has 0 fully saturated rings. The topological polar surface area (TPSA) is 0 Å². The van der Waals surface area contributed by atoms with Gasteiger partial charge in [-0.05, 0) is 17.9 Å². The van der Waals surface area contributed by atoms with E-state index in [1.807, 2.05) is 24.5 Å². The minimum Gasteiger partial charge on any atom is -0.128 e. The van der Waals surface area contributed by atoms with Crippen LogP contribution in [0.3, 0.4) is 0 Å². The Labute approximate surface area is 76.3 Å². The highest BCUT2D eigenvalue weighted by atomic mass is 35.5. The molecule has 0 heterocycles. The van der Waals surface area contributed by atoms with Crippen LogP contribution in [-0.4, -0.2) is 6.26 Å². The van der Waals surface area contributed by atoms with Gasteiger partial charge in [0.1, 0.15) is 0 Å². The van der Waals surface area contributed by atoms with Gasteiger partial charge in [-0.15, -0.1) is 11.8 Å². The Balaban J connectivity index is 3.20. The molecule has 1 aromatic rings. The zero-order chi connectivity index (χ0) is 8.27. The summed E-state index contributed by atoms with van der Waals surface area (Å²) in [5.41, 5.74) is 0.999. The fourth-order valence-electron chi connectivity index (χ4n) is 0.843. The Hall–Kier alpha value is -0.400. The molecule has 0 aliphatic heterocycles. The van der Waals surface area contributed by atoms with E-state index in [1.165, 1.54) is 0 Å². The van der Waals surface area contributed by atoms with Gasteiger partial charge < -0.3 is 0 Å². The van der Waals surface area contributed by atoms with Crippen molar-refractivity contribution < 1.29 is 0 Å². The Morgan fingerprint density at radius 1 is 1.55 bits per heavy atom. The van der Waals surface area contributed by atoms with E-state index < -0.39 is 0 Å². The first kappa shape index (κ1) is 8.69. The molecule has 2 heteroatoms. The van der Waals surface area contributed by atoms with Crippen LogP contribution in [0.25, 0.3) is 6.08 Å². The molecule has 1 rings (SSSR count). The Morgan fingerprint density at radius 3 is 2.82 bits per heavy atom. The quantitative estimate of drug-likeness (QED) is 0.632. The lowest BCUT2D eigenvalue weighted by atomic mass is 10.2. The van der Waals surface area contributed by atoms with Crippen molar-refractivity contribution in [3.63, 3.8) is 0 Å². The summed E-state index contributed by atoms with van der Waals surface area (Å²) in [6, 6.07) is 5.93. The van der Waals surface area contributed by atoms with Gasteiger partial charge in [0.2, 0.25) is 0 Å². The third kappa shape index (κ3) is 1.79. The van der Waals surface area contributed by atoms with E-state index >= 15 is 0 Å². The lowest BCUT2D eigenvalue weighted by molar-refractivity contribution is 1.45. The summed E-state index contributed by atoms with van der Waals surface area (Å²) in [5.74, 6) is 0. The molecule has 0 amide bonds. The second-order valence-electron chi connectivity index (χ2n) is 2.07. The highest BCUT2D eigenvalue weighted by molar-refractivity contribution is 7.98. The van der Waals surface area contributed by atoms with Gasteiger partial charge in [0.15, 0.2) is 0 Å². The maximum absolute atomic E-state index is 6.02. The van der Waals surface area contributed by atoms with Gasteiger partial charge in [-0.1, -0.05) is 36.4 Å². The van der Waals surface area contributed by atoms with E-state index in [9.17, 15) is 0 Å². The number of hydrogen-bond donors (Lipinski definition) is 0. The van der Waals surface area contributed by atoms with Crippen molar-refractivity contribution in [2.24, 2.45) is 0 Å². The summed E-state index contributed by atoms with van der Waals surface area (Å²) in [4.78, 5) is 1.10. The minimum absolute atomic E-state index is 0.801. The highest BCUT2D eigenvalue weighted by Gasteiger charge is 2.00. The summed E-state index contributed by atoms with van der Waals surface area (Å²) >= 11 is 7.66. The average molecular weight is 185 g/mol. The molecule has 58 valence electrons. The number of benzene rings is 1. The van der Waals surface area contributed by atoms with E-state index in [0.29, 0.717) is 0 Å². The molecule has 0 N–H and O–H groups in total. The fourth-order valence-corrected chi connectivity index (χ4v) is 1.79. The van der Waals surface area contributed by atoms with Gasteiger partial charge >= 0.3 is 0 Å². The van der Waals surface area contributed by atoms with Gasteiger partial charge in [0, 0.05) is 4.90 Å². The van der Waals surface area contributed by atoms with E-state index in [-0.39, 0.29) is 0 Å². The molecular weight excluding hydrogens is 176 g/mol. The van der Waals surface area contributed by atoms with Crippen molar-refractivity contribution >= 4 is 29.4 Å². The van der Waals surface area contributed by atoms with Crippen LogP contribution in [0.1, 0.15) is 5.56 Å². The van der Waals surface area contributed by atoms with Crippen LogP contribution in [-0.2, 0) is 0 Å². The molecule has 0 saturated heterocycles. The molecule has 0 aromatic heterocycles. The van der Waals surface area contributed by atoms with Crippen LogP contribution in [0.4, 0.5) is 0 Å². The van der Waals surface area contributed by atoms with Gasteiger partial charge in [0.25, 0.3) is 0 Å². The van der Waals surface area contributed by atoms with Gasteiger partial charge in [0.05, 0.1) is 5.02 Å². The van der Waals surface area contributed by atoms with Crippen molar-refractivity contribution in [2.45, 2.75) is 4.90 Å². The average Bonchev–Trinajstić information content (AvgIpc) is 2.05. The first-order valence-electron chi connectivity index (χ1n) is 3.24. The number of rotatable bonds is 2. The standard InChI is InChI=1S/C9H9ClS/c1-3-7-5-4-6-8(11-2)9(7)10/h3-6H,1H2,2H3. The van der Waals surface area contributed by atoms with E-state index in [2.05, 4.69) is 6.58 Å². The second-order valence-corrected chi connectivity index (χ2v) is 3.29. The summed E-state index contributed by atoms with van der Waals surface area (Å²) < 4.78 is 0. The second kappa shape index (κ2) is 3.84. The lowest BCUT2D eigenvalue weighted by Gasteiger charge is -2.02. The molecule has 0 unspecified atom stereocenters. The first-order valence-corrected chi connectivity index (χ1v) is 4.85. The summed E-state index contributed by atoms with van der Waals surface area (Å²) in [5, 5.41) is 0.801. The molecule has 0 saturated carbocycles. The summed E-state index contributed by atoms with van der Waals surface area (Å²) in [7, 11) is 0. The largest absolute Gasteiger partial charge is 0.128 e. The van der Waals surface area contributed by atoms with E-state index in [4.69, 9.17) is 11.6 Å². The van der Waals surface area contributed by atoms with Crippen LogP contribution in [0, 0.1) is 0 Å². The van der Waals surface area contributed by atoms with Crippen molar-refractivity contribution in [1.82, 2.24) is 0 Å². The smallest absolute Gasteiger partial charge is 0.0613 e. The summed E-state index contributed by atoms with van der Waals surface area (Å²) in [6.07, 6.45) is 3.77. The molecule has 0 aliphatic rings. The zero-order valence-electron chi connectivity index (χ0n) is 6.30. The molecule has 1 aromatic carbocycles. The minimum atomic E-state index is 0.801. The molecule has 11 heavy (non-hydrogen) atoms. The van der Waals surface area contributed by atoms with Gasteiger partial charge in [-0.25, -0.2) is 0 Å². The molecule has 0 radical (unpaired) electrons. The van der Waals surface area contributed by atoms with E-state index in [1.54, 1.807) is 17.8 Å². The molecule has 0 atom stereocenters. The molecule has 0 bridgehead atoms. The predicted octanol–water partition coefficient (Wildman–Crippen LogP) is 3.70. The molecule has 0 aliphatic carbocycles. The zero-order valence-corrected chi connectivity index (χ0v) is 7.88. The molecule has 0 nitrogen and oxygen atoms in total. The Bertz CT molecular complexity index is 268. The molecule has 0 spiro atoms. The number of halogens is 1. The number of hydrogen-bond acceptors (Lipinski definition) is 1. The predicted molar refractivity (Wildman–Crippen MR) is 53.3 cm³/mol. The fraction of sp³-hybridized carbons (Fsp3) is 0.111. The molecular formula is C9H9ClS. The lowest BCUT2D eigenvalue weighted by Crippen LogP contribution is -1.77. The summed E-state index contributed by atoms with van der Waals surface area (Å²) in [6.45, 7) is 3.67. The first-order chi connectivity index (χ1) is 5.29. The van der Waals surface area contributed by atoms with Gasteiger partial charge in [-0.2, -0.15) is 0 Å². The van der Waals surface area contributed by atoms with Crippen LogP contribution in [0.15, 0.2) is 29.7 Å². The van der Waals surface area contributed by atoms with Crippen LogP contribution >= 0.6 is 23.4 Å². The Kier molecular flexibility index (Phi) is 3.03. The normalized spacial score (nSPS) is 9.64. The van der Waals surface area contributed by atoms with Crippen molar-refractivity contribution in [3.05, 3.63) is 35.4 Å². The maximum atomic E-state index is 6.02. The third-order valence-electron chi connectivity index (χ3n) is 1.43. The van der Waals surface area contributed by atoms with Crippen LogP contribution < -0.4 is 0 Å². The van der Waals surface area contributed by atoms with Crippen molar-refractivity contribution in [2.75, 3.05) is 6.26 Å². The van der Waals surface area contributed by atoms with Crippen molar-refractivity contribution in [1.29, 1.82) is 0 Å². The monoisotopic (exact) mass is 184 g/mol. The van der Waals surface area contributed by atoms with Crippen LogP contribution in [0.2, 0.25) is 5.02 Å². The SMILES string of the molecule is C=Cc1cccc(SC)c1Cl.